The van der Waals surface area contributed by atoms with Gasteiger partial charge in [0, 0.05) is 11.3 Å². The Labute approximate surface area is 179 Å². The van der Waals surface area contributed by atoms with E-state index in [-0.39, 0.29) is 15.9 Å². The third-order valence-electron chi connectivity index (χ3n) is 5.37. The van der Waals surface area contributed by atoms with Crippen LogP contribution in [0.1, 0.15) is 41.6 Å². The number of rotatable bonds is 6. The molecule has 30 heavy (non-hydrogen) atoms. The first-order chi connectivity index (χ1) is 14.4. The lowest BCUT2D eigenvalue weighted by Gasteiger charge is -2.31. The first-order valence-electron chi connectivity index (χ1n) is 9.63. The summed E-state index contributed by atoms with van der Waals surface area (Å²) >= 11 is 1.14. The molecule has 1 saturated carbocycles. The van der Waals surface area contributed by atoms with Crippen LogP contribution in [0.2, 0.25) is 0 Å². The molecule has 2 aromatic carbocycles. The Balaban J connectivity index is 1.50. The van der Waals surface area contributed by atoms with Crippen LogP contribution in [0.3, 0.4) is 0 Å². The second kappa shape index (κ2) is 8.20. The van der Waals surface area contributed by atoms with Gasteiger partial charge >= 0.3 is 0 Å². The van der Waals surface area contributed by atoms with E-state index in [2.05, 4.69) is 10.0 Å². The van der Waals surface area contributed by atoms with Crippen LogP contribution in [0, 0.1) is 5.82 Å². The summed E-state index contributed by atoms with van der Waals surface area (Å²) in [6, 6.07) is 15.8. The molecule has 0 unspecified atom stereocenters. The molecule has 0 radical (unpaired) electrons. The predicted octanol–water partition coefficient (Wildman–Crippen LogP) is 4.89. The summed E-state index contributed by atoms with van der Waals surface area (Å²) in [7, 11) is -3.63. The van der Waals surface area contributed by atoms with Gasteiger partial charge in [0.05, 0.1) is 5.54 Å². The molecule has 1 fully saturated rings. The molecular formula is C22H21FN2O3S2. The van der Waals surface area contributed by atoms with Gasteiger partial charge in [-0.1, -0.05) is 31.0 Å². The Bertz CT molecular complexity index is 1120. The fraction of sp³-hybridized carbons (Fsp3) is 0.227. The molecule has 1 amide bonds. The third kappa shape index (κ3) is 4.24. The summed E-state index contributed by atoms with van der Waals surface area (Å²) in [6.45, 7) is 0. The van der Waals surface area contributed by atoms with Gasteiger partial charge in [-0.25, -0.2) is 12.8 Å². The second-order valence-electron chi connectivity index (χ2n) is 7.37. The largest absolute Gasteiger partial charge is 0.343 e. The van der Waals surface area contributed by atoms with Gasteiger partial charge in [-0.3, -0.25) is 9.52 Å². The Morgan fingerprint density at radius 2 is 1.63 bits per heavy atom. The molecule has 0 bridgehead atoms. The summed E-state index contributed by atoms with van der Waals surface area (Å²) in [4.78, 5) is 12.9. The monoisotopic (exact) mass is 444 g/mol. The lowest BCUT2D eigenvalue weighted by atomic mass is 9.87. The zero-order chi connectivity index (χ0) is 21.2. The molecule has 2 N–H and O–H groups in total. The van der Waals surface area contributed by atoms with Crippen molar-refractivity contribution in [2.75, 3.05) is 4.72 Å². The van der Waals surface area contributed by atoms with E-state index in [1.807, 2.05) is 0 Å². The van der Waals surface area contributed by atoms with Crippen molar-refractivity contribution in [2.45, 2.75) is 35.4 Å². The number of benzene rings is 2. The zero-order valence-corrected chi connectivity index (χ0v) is 17.7. The topological polar surface area (TPSA) is 75.3 Å². The number of nitrogens with one attached hydrogen (secondary N) is 2. The maximum atomic E-state index is 13.3. The molecular weight excluding hydrogens is 423 g/mol. The lowest BCUT2D eigenvalue weighted by Crippen LogP contribution is -2.43. The van der Waals surface area contributed by atoms with E-state index in [0.29, 0.717) is 11.3 Å². The standard InChI is InChI=1S/C22H21FN2O3S2/c23-18-9-7-17(8-10-18)22(13-1-2-14-22)24-21(26)16-5-11-19(12-6-16)25-30(27,28)20-4-3-15-29-20/h3-12,15,25H,1-2,13-14H2,(H,24,26). The van der Waals surface area contributed by atoms with Gasteiger partial charge in [0.15, 0.2) is 0 Å². The van der Waals surface area contributed by atoms with Crippen molar-refractivity contribution in [2.24, 2.45) is 0 Å². The van der Waals surface area contributed by atoms with Gasteiger partial charge in [0.25, 0.3) is 15.9 Å². The molecule has 0 atom stereocenters. The van der Waals surface area contributed by atoms with Gasteiger partial charge < -0.3 is 5.32 Å². The SMILES string of the molecule is O=C(NC1(c2ccc(F)cc2)CCCC1)c1ccc(NS(=O)(=O)c2cccs2)cc1. The molecule has 5 nitrogen and oxygen atoms in total. The predicted molar refractivity (Wildman–Crippen MR) is 116 cm³/mol. The molecule has 1 aliphatic carbocycles. The minimum Gasteiger partial charge on any atom is -0.343 e. The van der Waals surface area contributed by atoms with Crippen LogP contribution >= 0.6 is 11.3 Å². The summed E-state index contributed by atoms with van der Waals surface area (Å²) in [6.07, 6.45) is 3.56. The van der Waals surface area contributed by atoms with Crippen LogP contribution in [0.25, 0.3) is 0 Å². The van der Waals surface area contributed by atoms with Crippen LogP contribution < -0.4 is 10.0 Å². The van der Waals surface area contributed by atoms with E-state index < -0.39 is 15.6 Å². The highest BCUT2D eigenvalue weighted by atomic mass is 32.2. The van der Waals surface area contributed by atoms with Crippen molar-refractivity contribution >= 4 is 33.0 Å². The maximum Gasteiger partial charge on any atom is 0.271 e. The van der Waals surface area contributed by atoms with Crippen molar-refractivity contribution in [3.05, 3.63) is 83.0 Å². The van der Waals surface area contributed by atoms with E-state index in [0.717, 1.165) is 42.6 Å². The normalized spacial score (nSPS) is 15.6. The molecule has 3 aromatic rings. The Hall–Kier alpha value is -2.71. The lowest BCUT2D eigenvalue weighted by molar-refractivity contribution is 0.0898. The van der Waals surface area contributed by atoms with Crippen LogP contribution in [-0.2, 0) is 15.6 Å². The molecule has 1 aromatic heterocycles. The van der Waals surface area contributed by atoms with Crippen LogP contribution in [-0.4, -0.2) is 14.3 Å². The number of halogens is 1. The quantitative estimate of drug-likeness (QED) is 0.569. The number of thiophene rings is 1. The number of sulfonamides is 1. The zero-order valence-electron chi connectivity index (χ0n) is 16.1. The van der Waals surface area contributed by atoms with Gasteiger partial charge in [0.1, 0.15) is 10.0 Å². The number of hydrogen-bond donors (Lipinski definition) is 2. The Morgan fingerprint density at radius 1 is 0.967 bits per heavy atom. The summed E-state index contributed by atoms with van der Waals surface area (Å²) in [5, 5.41) is 4.83. The van der Waals surface area contributed by atoms with Crippen LogP contribution in [0.15, 0.2) is 70.3 Å². The average Bonchev–Trinajstić information content (AvgIpc) is 3.42. The average molecular weight is 445 g/mol. The Kier molecular flexibility index (Phi) is 5.62. The minimum atomic E-state index is -3.63. The first-order valence-corrected chi connectivity index (χ1v) is 12.0. The number of carbonyl (C=O) groups excluding carboxylic acids is 1. The summed E-state index contributed by atoms with van der Waals surface area (Å²) < 4.78 is 40.7. The Morgan fingerprint density at radius 3 is 2.23 bits per heavy atom. The number of anilines is 1. The van der Waals surface area contributed by atoms with Gasteiger partial charge in [-0.05, 0) is 66.2 Å². The van der Waals surface area contributed by atoms with E-state index in [1.54, 1.807) is 47.8 Å². The van der Waals surface area contributed by atoms with Crippen LogP contribution in [0.5, 0.6) is 0 Å². The van der Waals surface area contributed by atoms with Crippen molar-refractivity contribution < 1.29 is 17.6 Å². The molecule has 8 heteroatoms. The van der Waals surface area contributed by atoms with Gasteiger partial charge in [0.2, 0.25) is 0 Å². The summed E-state index contributed by atoms with van der Waals surface area (Å²) in [5.41, 5.74) is 1.20. The molecule has 1 aliphatic rings. The van der Waals surface area contributed by atoms with E-state index in [1.165, 1.54) is 18.2 Å². The highest BCUT2D eigenvalue weighted by Crippen LogP contribution is 2.39. The molecule has 156 valence electrons. The fourth-order valence-electron chi connectivity index (χ4n) is 3.83. The van der Waals surface area contributed by atoms with E-state index >= 15 is 0 Å². The van der Waals surface area contributed by atoms with E-state index in [4.69, 9.17) is 0 Å². The van der Waals surface area contributed by atoms with E-state index in [9.17, 15) is 17.6 Å². The number of hydrogen-bond acceptors (Lipinski definition) is 4. The molecule has 0 saturated heterocycles. The van der Waals surface area contributed by atoms with Crippen molar-refractivity contribution in [1.29, 1.82) is 0 Å². The van der Waals surface area contributed by atoms with Gasteiger partial charge in [-0.2, -0.15) is 0 Å². The van der Waals surface area contributed by atoms with Gasteiger partial charge in [-0.15, -0.1) is 11.3 Å². The van der Waals surface area contributed by atoms with Crippen molar-refractivity contribution in [1.82, 2.24) is 5.32 Å². The molecule has 4 rings (SSSR count). The smallest absolute Gasteiger partial charge is 0.271 e. The third-order valence-corrected chi connectivity index (χ3v) is 8.14. The van der Waals surface area contributed by atoms with Crippen molar-refractivity contribution in [3.8, 4) is 0 Å². The van der Waals surface area contributed by atoms with Crippen molar-refractivity contribution in [3.63, 3.8) is 0 Å². The minimum absolute atomic E-state index is 0.229. The fourth-order valence-corrected chi connectivity index (χ4v) is 5.89. The summed E-state index contributed by atoms with van der Waals surface area (Å²) in [5.74, 6) is -0.548. The molecule has 0 aliphatic heterocycles. The molecule has 0 spiro atoms. The maximum absolute atomic E-state index is 13.3. The highest BCUT2D eigenvalue weighted by Gasteiger charge is 2.37. The molecule has 1 heterocycles. The van der Waals surface area contributed by atoms with Crippen LogP contribution in [0.4, 0.5) is 10.1 Å². The second-order valence-corrected chi connectivity index (χ2v) is 10.2. The highest BCUT2D eigenvalue weighted by molar-refractivity contribution is 7.94. The number of carbonyl (C=O) groups is 1. The first kappa shape index (κ1) is 20.6. The number of amides is 1.